The number of rotatable bonds is 4. The van der Waals surface area contributed by atoms with Crippen LogP contribution in [0.25, 0.3) is 0 Å². The average molecular weight is 275 g/mol. The Morgan fingerprint density at radius 3 is 2.78 bits per heavy atom. The Morgan fingerprint density at radius 1 is 1.39 bits per heavy atom. The molecule has 0 amide bonds. The number of hydrogen-bond acceptors (Lipinski definition) is 4. The molecule has 0 bridgehead atoms. The van der Waals surface area contributed by atoms with Gasteiger partial charge in [0.15, 0.2) is 9.84 Å². The lowest BCUT2D eigenvalue weighted by atomic mass is 9.90. The van der Waals surface area contributed by atoms with E-state index < -0.39 is 9.84 Å². The molecule has 2 fully saturated rings. The summed E-state index contributed by atoms with van der Waals surface area (Å²) in [6, 6.07) is 0.402. The second-order valence-corrected chi connectivity index (χ2v) is 8.28. The minimum Gasteiger partial charge on any atom is -0.375 e. The van der Waals surface area contributed by atoms with Crippen molar-refractivity contribution in [2.75, 3.05) is 18.9 Å². The molecule has 0 aromatic heterocycles. The van der Waals surface area contributed by atoms with Crippen LogP contribution in [0.4, 0.5) is 0 Å². The minimum atomic E-state index is -2.82. The Balaban J connectivity index is 1.83. The van der Waals surface area contributed by atoms with Crippen LogP contribution in [0.5, 0.6) is 0 Å². The number of nitrogens with one attached hydrogen (secondary N) is 1. The van der Waals surface area contributed by atoms with Crippen molar-refractivity contribution in [3.05, 3.63) is 0 Å². The molecular formula is C13H25NO3S. The summed E-state index contributed by atoms with van der Waals surface area (Å²) < 4.78 is 29.3. The third kappa shape index (κ3) is 3.25. The van der Waals surface area contributed by atoms with E-state index in [1.165, 1.54) is 0 Å². The quantitative estimate of drug-likeness (QED) is 0.845. The molecule has 2 saturated heterocycles. The Morgan fingerprint density at radius 2 is 2.17 bits per heavy atom. The van der Waals surface area contributed by atoms with Gasteiger partial charge in [-0.15, -0.1) is 0 Å². The molecular weight excluding hydrogens is 250 g/mol. The highest BCUT2D eigenvalue weighted by atomic mass is 32.2. The van der Waals surface area contributed by atoms with E-state index in [0.717, 1.165) is 38.7 Å². The summed E-state index contributed by atoms with van der Waals surface area (Å²) >= 11 is 0. The second-order valence-electron chi connectivity index (χ2n) is 5.88. The Hall–Kier alpha value is -0.130. The summed E-state index contributed by atoms with van der Waals surface area (Å²) in [7, 11) is -2.82. The molecule has 3 unspecified atom stereocenters. The molecule has 18 heavy (non-hydrogen) atoms. The average Bonchev–Trinajstić information content (AvgIpc) is 2.66. The molecule has 0 radical (unpaired) electrons. The Labute approximate surface area is 110 Å². The van der Waals surface area contributed by atoms with Crippen LogP contribution >= 0.6 is 0 Å². The molecule has 1 N–H and O–H groups in total. The highest BCUT2D eigenvalue weighted by molar-refractivity contribution is 7.92. The van der Waals surface area contributed by atoms with Gasteiger partial charge in [-0.3, -0.25) is 0 Å². The van der Waals surface area contributed by atoms with Crippen LogP contribution in [0, 0.1) is 0 Å². The van der Waals surface area contributed by atoms with Gasteiger partial charge < -0.3 is 10.1 Å². The van der Waals surface area contributed by atoms with E-state index in [4.69, 9.17) is 4.74 Å². The molecule has 106 valence electrons. The van der Waals surface area contributed by atoms with Crippen LogP contribution in [0.2, 0.25) is 0 Å². The fourth-order valence-corrected chi connectivity index (χ4v) is 4.71. The molecule has 0 saturated carbocycles. The zero-order valence-electron chi connectivity index (χ0n) is 11.4. The lowest BCUT2D eigenvalue weighted by molar-refractivity contribution is -0.0778. The topological polar surface area (TPSA) is 55.4 Å². The zero-order chi connectivity index (χ0) is 13.2. The summed E-state index contributed by atoms with van der Waals surface area (Å²) in [5.74, 6) is 0.375. The highest BCUT2D eigenvalue weighted by Crippen LogP contribution is 2.28. The molecule has 4 nitrogen and oxygen atoms in total. The van der Waals surface area contributed by atoms with Gasteiger partial charge in [-0.25, -0.2) is 8.42 Å². The van der Waals surface area contributed by atoms with Crippen molar-refractivity contribution in [1.82, 2.24) is 5.32 Å². The van der Waals surface area contributed by atoms with Crippen molar-refractivity contribution in [2.45, 2.75) is 62.8 Å². The SMILES string of the molecule is CCC1(C)CC(NCC2CCCS2(=O)=O)CCO1. The number of sulfone groups is 1. The predicted molar refractivity (Wildman–Crippen MR) is 72.5 cm³/mol. The van der Waals surface area contributed by atoms with Crippen LogP contribution in [0.1, 0.15) is 46.0 Å². The normalized spacial score (nSPS) is 39.9. The smallest absolute Gasteiger partial charge is 0.154 e. The van der Waals surface area contributed by atoms with Gasteiger partial charge in [0.05, 0.1) is 16.6 Å². The summed E-state index contributed by atoms with van der Waals surface area (Å²) in [6.07, 6.45) is 4.63. The van der Waals surface area contributed by atoms with Gasteiger partial charge in [-0.05, 0) is 39.0 Å². The van der Waals surface area contributed by atoms with Crippen molar-refractivity contribution in [1.29, 1.82) is 0 Å². The molecule has 3 atom stereocenters. The van der Waals surface area contributed by atoms with Gasteiger partial charge >= 0.3 is 0 Å². The van der Waals surface area contributed by atoms with E-state index >= 15 is 0 Å². The molecule has 2 aliphatic rings. The molecule has 5 heteroatoms. The monoisotopic (exact) mass is 275 g/mol. The largest absolute Gasteiger partial charge is 0.375 e. The van der Waals surface area contributed by atoms with Crippen molar-refractivity contribution >= 4 is 9.84 Å². The third-order valence-corrected chi connectivity index (χ3v) is 6.72. The summed E-state index contributed by atoms with van der Waals surface area (Å²) in [5.41, 5.74) is -0.0372. The van der Waals surface area contributed by atoms with E-state index in [9.17, 15) is 8.42 Å². The van der Waals surface area contributed by atoms with Crippen molar-refractivity contribution in [2.24, 2.45) is 0 Å². The third-order valence-electron chi connectivity index (χ3n) is 4.44. The van der Waals surface area contributed by atoms with E-state index in [0.29, 0.717) is 18.3 Å². The lowest BCUT2D eigenvalue weighted by Gasteiger charge is -2.38. The van der Waals surface area contributed by atoms with Crippen LogP contribution in [0.15, 0.2) is 0 Å². The molecule has 2 aliphatic heterocycles. The first-order valence-electron chi connectivity index (χ1n) is 7.04. The van der Waals surface area contributed by atoms with Gasteiger partial charge in [0.25, 0.3) is 0 Å². The van der Waals surface area contributed by atoms with Gasteiger partial charge in [0.2, 0.25) is 0 Å². The van der Waals surface area contributed by atoms with Gasteiger partial charge in [-0.2, -0.15) is 0 Å². The van der Waals surface area contributed by atoms with Crippen LogP contribution in [-0.4, -0.2) is 44.2 Å². The maximum absolute atomic E-state index is 11.8. The summed E-state index contributed by atoms with van der Waals surface area (Å²) in [4.78, 5) is 0. The Kier molecular flexibility index (Phi) is 4.34. The summed E-state index contributed by atoms with van der Waals surface area (Å²) in [5, 5.41) is 3.29. The molecule has 2 heterocycles. The second kappa shape index (κ2) is 5.47. The number of hydrogen-bond donors (Lipinski definition) is 1. The van der Waals surface area contributed by atoms with Gasteiger partial charge in [-0.1, -0.05) is 6.92 Å². The molecule has 0 aliphatic carbocycles. The fraction of sp³-hybridized carbons (Fsp3) is 1.00. The first-order chi connectivity index (χ1) is 8.45. The first-order valence-corrected chi connectivity index (χ1v) is 8.76. The lowest BCUT2D eigenvalue weighted by Crippen LogP contribution is -2.47. The zero-order valence-corrected chi connectivity index (χ0v) is 12.3. The maximum Gasteiger partial charge on any atom is 0.154 e. The van der Waals surface area contributed by atoms with Gasteiger partial charge in [0.1, 0.15) is 0 Å². The van der Waals surface area contributed by atoms with Crippen molar-refractivity contribution < 1.29 is 13.2 Å². The Bertz CT molecular complexity index is 382. The van der Waals surface area contributed by atoms with Crippen LogP contribution < -0.4 is 5.32 Å². The molecule has 0 aromatic carbocycles. The molecule has 0 spiro atoms. The van der Waals surface area contributed by atoms with E-state index in [1.54, 1.807) is 0 Å². The first kappa shape index (κ1) is 14.3. The van der Waals surface area contributed by atoms with Crippen LogP contribution in [-0.2, 0) is 14.6 Å². The standard InChI is InChI=1S/C13H25NO3S/c1-3-13(2)9-11(6-7-17-13)14-10-12-5-4-8-18(12,15)16/h11-12,14H,3-10H2,1-2H3. The van der Waals surface area contributed by atoms with E-state index in [1.807, 2.05) is 0 Å². The maximum atomic E-state index is 11.8. The minimum absolute atomic E-state index is 0.0372. The highest BCUT2D eigenvalue weighted by Gasteiger charge is 2.34. The van der Waals surface area contributed by atoms with Crippen molar-refractivity contribution in [3.63, 3.8) is 0 Å². The summed E-state index contributed by atoms with van der Waals surface area (Å²) in [6.45, 7) is 5.68. The molecule has 2 rings (SSSR count). The predicted octanol–water partition coefficient (Wildman–Crippen LogP) is 1.50. The van der Waals surface area contributed by atoms with Crippen molar-refractivity contribution in [3.8, 4) is 0 Å². The van der Waals surface area contributed by atoms with Crippen LogP contribution in [0.3, 0.4) is 0 Å². The van der Waals surface area contributed by atoms with E-state index in [-0.39, 0.29) is 10.9 Å². The molecule has 0 aromatic rings. The van der Waals surface area contributed by atoms with Gasteiger partial charge in [0, 0.05) is 19.2 Å². The number of ether oxygens (including phenoxy) is 1. The van der Waals surface area contributed by atoms with E-state index in [2.05, 4.69) is 19.2 Å². The fourth-order valence-electron chi connectivity index (χ4n) is 2.94.